The molecule has 0 unspecified atom stereocenters. The third kappa shape index (κ3) is 3.36. The number of carbonyl (C=O) groups is 1. The van der Waals surface area contributed by atoms with Crippen molar-refractivity contribution in [3.63, 3.8) is 0 Å². The van der Waals surface area contributed by atoms with E-state index in [2.05, 4.69) is 15.3 Å². The Labute approximate surface area is 129 Å². The van der Waals surface area contributed by atoms with Crippen molar-refractivity contribution in [3.8, 4) is 0 Å². The molecule has 2 aromatic rings. The van der Waals surface area contributed by atoms with Crippen LogP contribution in [0, 0.1) is 13.8 Å². The van der Waals surface area contributed by atoms with E-state index in [4.69, 9.17) is 11.6 Å². The molecule has 0 spiro atoms. The summed E-state index contributed by atoms with van der Waals surface area (Å²) in [5.41, 5.74) is -0.476. The van der Waals surface area contributed by atoms with Gasteiger partial charge in [0.05, 0.1) is 28.2 Å². The van der Waals surface area contributed by atoms with Gasteiger partial charge in [0.25, 0.3) is 5.91 Å². The second-order valence-corrected chi connectivity index (χ2v) is 5.00. The molecule has 2 rings (SSSR count). The van der Waals surface area contributed by atoms with Gasteiger partial charge in [-0.25, -0.2) is 9.97 Å². The largest absolute Gasteiger partial charge is 0.418 e. The molecule has 0 bridgehead atoms. The minimum atomic E-state index is -4.63. The number of alkyl halides is 3. The Morgan fingerprint density at radius 2 is 1.77 bits per heavy atom. The number of amides is 1. The van der Waals surface area contributed by atoms with E-state index in [0.29, 0.717) is 11.4 Å². The molecule has 0 saturated heterocycles. The SMILES string of the molecule is Cc1ncnc(C)c1C(=O)Nc1ccc(Cl)cc1C(F)(F)F. The number of rotatable bonds is 2. The summed E-state index contributed by atoms with van der Waals surface area (Å²) in [4.78, 5) is 20.0. The normalized spacial score (nSPS) is 11.4. The summed E-state index contributed by atoms with van der Waals surface area (Å²) in [6.07, 6.45) is -3.35. The fourth-order valence-electron chi connectivity index (χ4n) is 1.97. The van der Waals surface area contributed by atoms with Gasteiger partial charge < -0.3 is 5.32 Å². The van der Waals surface area contributed by atoms with Crippen LogP contribution in [-0.2, 0) is 6.18 Å². The van der Waals surface area contributed by atoms with Gasteiger partial charge in [-0.05, 0) is 32.0 Å². The van der Waals surface area contributed by atoms with Gasteiger partial charge in [-0.1, -0.05) is 11.6 Å². The minimum absolute atomic E-state index is 0.0688. The second-order valence-electron chi connectivity index (χ2n) is 4.56. The number of benzene rings is 1. The quantitative estimate of drug-likeness (QED) is 0.905. The highest BCUT2D eigenvalue weighted by Gasteiger charge is 2.34. The van der Waals surface area contributed by atoms with E-state index in [0.717, 1.165) is 12.1 Å². The van der Waals surface area contributed by atoms with Gasteiger partial charge in [0.2, 0.25) is 0 Å². The Kier molecular flexibility index (Phi) is 4.37. The number of anilines is 1. The van der Waals surface area contributed by atoms with Gasteiger partial charge in [0, 0.05) is 5.02 Å². The maximum Gasteiger partial charge on any atom is 0.418 e. The lowest BCUT2D eigenvalue weighted by atomic mass is 10.1. The molecule has 116 valence electrons. The monoisotopic (exact) mass is 329 g/mol. The molecule has 4 nitrogen and oxygen atoms in total. The van der Waals surface area contributed by atoms with E-state index in [1.807, 2.05) is 0 Å². The first-order chi connectivity index (χ1) is 10.2. The number of carbonyl (C=O) groups excluding carboxylic acids is 1. The van der Waals surface area contributed by atoms with Crippen molar-refractivity contribution in [2.45, 2.75) is 20.0 Å². The average molecular weight is 330 g/mol. The summed E-state index contributed by atoms with van der Waals surface area (Å²) in [6, 6.07) is 3.14. The molecule has 0 aliphatic heterocycles. The van der Waals surface area contributed by atoms with Gasteiger partial charge in [-0.2, -0.15) is 13.2 Å². The molecule has 0 radical (unpaired) electrons. The number of hydrogen-bond donors (Lipinski definition) is 1. The molecule has 1 N–H and O–H groups in total. The lowest BCUT2D eigenvalue weighted by Crippen LogP contribution is -2.19. The Bertz CT molecular complexity index is 712. The van der Waals surface area contributed by atoms with Gasteiger partial charge in [0.15, 0.2) is 0 Å². The van der Waals surface area contributed by atoms with Crippen LogP contribution in [0.25, 0.3) is 0 Å². The number of nitrogens with zero attached hydrogens (tertiary/aromatic N) is 2. The summed E-state index contributed by atoms with van der Waals surface area (Å²) >= 11 is 5.59. The van der Waals surface area contributed by atoms with Crippen LogP contribution in [0.1, 0.15) is 27.3 Å². The van der Waals surface area contributed by atoms with Crippen LogP contribution in [-0.4, -0.2) is 15.9 Å². The van der Waals surface area contributed by atoms with Crippen molar-refractivity contribution in [2.75, 3.05) is 5.32 Å². The maximum absolute atomic E-state index is 13.0. The summed E-state index contributed by atoms with van der Waals surface area (Å²) in [5.74, 6) is -0.705. The highest BCUT2D eigenvalue weighted by Crippen LogP contribution is 2.36. The Morgan fingerprint density at radius 1 is 1.18 bits per heavy atom. The molecular weight excluding hydrogens is 319 g/mol. The Hall–Kier alpha value is -2.15. The smallest absolute Gasteiger partial charge is 0.321 e. The first-order valence-corrected chi connectivity index (χ1v) is 6.54. The van der Waals surface area contributed by atoms with Crippen molar-refractivity contribution < 1.29 is 18.0 Å². The molecule has 0 atom stereocenters. The van der Waals surface area contributed by atoms with Gasteiger partial charge in [-0.3, -0.25) is 4.79 Å². The molecule has 1 amide bonds. The van der Waals surface area contributed by atoms with Crippen LogP contribution in [0.3, 0.4) is 0 Å². The van der Waals surface area contributed by atoms with E-state index in [1.165, 1.54) is 12.4 Å². The van der Waals surface area contributed by atoms with E-state index in [9.17, 15) is 18.0 Å². The predicted octanol–water partition coefficient (Wildman–Crippen LogP) is 4.02. The van der Waals surface area contributed by atoms with Crippen LogP contribution < -0.4 is 5.32 Å². The van der Waals surface area contributed by atoms with Gasteiger partial charge in [0.1, 0.15) is 6.33 Å². The first-order valence-electron chi connectivity index (χ1n) is 6.16. The standard InChI is InChI=1S/C14H11ClF3N3O/c1-7-12(8(2)20-6-19-7)13(22)21-11-4-3-9(15)5-10(11)14(16,17)18/h3-6H,1-2H3,(H,21,22). The van der Waals surface area contributed by atoms with Crippen LogP contribution in [0.15, 0.2) is 24.5 Å². The average Bonchev–Trinajstić information content (AvgIpc) is 2.39. The molecule has 1 aromatic carbocycles. The maximum atomic E-state index is 13.0. The fourth-order valence-corrected chi connectivity index (χ4v) is 2.14. The van der Waals surface area contributed by atoms with Crippen LogP contribution in [0.2, 0.25) is 5.02 Å². The van der Waals surface area contributed by atoms with Crippen LogP contribution >= 0.6 is 11.6 Å². The first kappa shape index (κ1) is 16.2. The molecule has 0 aliphatic carbocycles. The Balaban J connectivity index is 2.41. The molecule has 0 saturated carbocycles. The van der Waals surface area contributed by atoms with Crippen molar-refractivity contribution in [2.24, 2.45) is 0 Å². The predicted molar refractivity (Wildman–Crippen MR) is 75.9 cm³/mol. The van der Waals surface area contributed by atoms with E-state index in [-0.39, 0.29) is 16.3 Å². The van der Waals surface area contributed by atoms with Gasteiger partial charge >= 0.3 is 6.18 Å². The zero-order valence-corrected chi connectivity index (χ0v) is 12.4. The number of aromatic nitrogens is 2. The topological polar surface area (TPSA) is 54.9 Å². The van der Waals surface area contributed by atoms with Crippen molar-refractivity contribution >= 4 is 23.2 Å². The van der Waals surface area contributed by atoms with E-state index < -0.39 is 17.6 Å². The summed E-state index contributed by atoms with van der Waals surface area (Å²) in [7, 11) is 0. The number of aryl methyl sites for hydroxylation is 2. The third-order valence-electron chi connectivity index (χ3n) is 2.99. The fraction of sp³-hybridized carbons (Fsp3) is 0.214. The molecule has 0 fully saturated rings. The number of nitrogens with one attached hydrogen (secondary N) is 1. The van der Waals surface area contributed by atoms with Crippen molar-refractivity contribution in [3.05, 3.63) is 52.1 Å². The Morgan fingerprint density at radius 3 is 2.32 bits per heavy atom. The molecule has 1 aromatic heterocycles. The van der Waals surface area contributed by atoms with Crippen molar-refractivity contribution in [1.82, 2.24) is 9.97 Å². The van der Waals surface area contributed by atoms with Crippen LogP contribution in [0.5, 0.6) is 0 Å². The van der Waals surface area contributed by atoms with E-state index >= 15 is 0 Å². The molecule has 8 heteroatoms. The second kappa shape index (κ2) is 5.92. The molecular formula is C14H11ClF3N3O. The van der Waals surface area contributed by atoms with E-state index in [1.54, 1.807) is 13.8 Å². The summed E-state index contributed by atoms with van der Waals surface area (Å²) in [5, 5.41) is 2.18. The highest BCUT2D eigenvalue weighted by atomic mass is 35.5. The van der Waals surface area contributed by atoms with Crippen LogP contribution in [0.4, 0.5) is 18.9 Å². The molecule has 0 aliphatic rings. The lowest BCUT2D eigenvalue weighted by Gasteiger charge is -2.15. The lowest BCUT2D eigenvalue weighted by molar-refractivity contribution is -0.136. The number of halogens is 4. The summed E-state index contributed by atoms with van der Waals surface area (Å²) < 4.78 is 39.0. The molecule has 22 heavy (non-hydrogen) atoms. The van der Waals surface area contributed by atoms with Gasteiger partial charge in [-0.15, -0.1) is 0 Å². The third-order valence-corrected chi connectivity index (χ3v) is 3.22. The zero-order chi connectivity index (χ0) is 16.5. The zero-order valence-electron chi connectivity index (χ0n) is 11.6. The van der Waals surface area contributed by atoms with Crippen molar-refractivity contribution in [1.29, 1.82) is 0 Å². The molecule has 1 heterocycles. The highest BCUT2D eigenvalue weighted by molar-refractivity contribution is 6.30. The minimum Gasteiger partial charge on any atom is -0.321 e. The number of hydrogen-bond acceptors (Lipinski definition) is 3. The summed E-state index contributed by atoms with van der Waals surface area (Å²) in [6.45, 7) is 3.16.